The molecule has 0 spiro atoms. The van der Waals surface area contributed by atoms with Gasteiger partial charge in [-0.2, -0.15) is 8.78 Å². The number of rotatable bonds is 5. The summed E-state index contributed by atoms with van der Waals surface area (Å²) in [6.07, 6.45) is 0. The fraction of sp³-hybridized carbons (Fsp3) is 0.143. The van der Waals surface area contributed by atoms with Crippen LogP contribution in [-0.2, 0) is 6.54 Å². The number of hydrogen-bond donors (Lipinski definition) is 1. The van der Waals surface area contributed by atoms with Gasteiger partial charge in [-0.05, 0) is 23.8 Å². The summed E-state index contributed by atoms with van der Waals surface area (Å²) in [6.45, 7) is 0.417. The Labute approximate surface area is 130 Å². The Hall–Kier alpha value is -0.970. The first-order chi connectivity index (χ1) is 9.58. The number of hydrogen-bond acceptors (Lipinski definition) is 2. The predicted molar refractivity (Wildman–Crippen MR) is 82.1 cm³/mol. The molecular formula is C14H11Cl2F2NS. The van der Waals surface area contributed by atoms with Gasteiger partial charge in [0.2, 0.25) is 0 Å². The molecule has 6 heteroatoms. The molecule has 0 aliphatic carbocycles. The van der Waals surface area contributed by atoms with Gasteiger partial charge in [0.1, 0.15) is 0 Å². The molecular weight excluding hydrogens is 323 g/mol. The molecule has 0 heterocycles. The SMILES string of the molecule is FC(F)Sc1ccccc1NCc1cccc(Cl)c1Cl. The minimum Gasteiger partial charge on any atom is -0.380 e. The maximum atomic E-state index is 12.5. The van der Waals surface area contributed by atoms with Crippen LogP contribution in [-0.4, -0.2) is 5.76 Å². The normalized spacial score (nSPS) is 10.8. The molecule has 2 rings (SSSR count). The first-order valence-corrected chi connectivity index (χ1v) is 7.42. The Kier molecular flexibility index (Phi) is 5.52. The van der Waals surface area contributed by atoms with Gasteiger partial charge in [0.05, 0.1) is 10.0 Å². The molecule has 2 aromatic carbocycles. The van der Waals surface area contributed by atoms with E-state index in [1.807, 2.05) is 6.07 Å². The highest BCUT2D eigenvalue weighted by molar-refractivity contribution is 7.99. The lowest BCUT2D eigenvalue weighted by molar-refractivity contribution is 0.252. The first-order valence-electron chi connectivity index (χ1n) is 5.78. The highest BCUT2D eigenvalue weighted by atomic mass is 35.5. The molecule has 106 valence electrons. The third-order valence-electron chi connectivity index (χ3n) is 2.60. The van der Waals surface area contributed by atoms with Crippen LogP contribution in [0.25, 0.3) is 0 Å². The Bertz CT molecular complexity index is 593. The van der Waals surface area contributed by atoms with Crippen LogP contribution in [0.3, 0.4) is 0 Å². The molecule has 2 aromatic rings. The topological polar surface area (TPSA) is 12.0 Å². The monoisotopic (exact) mass is 333 g/mol. The molecule has 0 aliphatic heterocycles. The summed E-state index contributed by atoms with van der Waals surface area (Å²) in [5.41, 5.74) is 1.46. The lowest BCUT2D eigenvalue weighted by Crippen LogP contribution is -2.01. The minimum absolute atomic E-state index is 0.417. The summed E-state index contributed by atoms with van der Waals surface area (Å²) in [7, 11) is 0. The number of anilines is 1. The van der Waals surface area contributed by atoms with Crippen molar-refractivity contribution in [2.24, 2.45) is 0 Å². The summed E-state index contributed by atoms with van der Waals surface area (Å²) >= 11 is 12.5. The van der Waals surface area contributed by atoms with Crippen LogP contribution in [0.5, 0.6) is 0 Å². The molecule has 0 atom stereocenters. The van der Waals surface area contributed by atoms with Crippen molar-refractivity contribution in [3.63, 3.8) is 0 Å². The van der Waals surface area contributed by atoms with Gasteiger partial charge in [0.15, 0.2) is 0 Å². The zero-order valence-corrected chi connectivity index (χ0v) is 12.6. The summed E-state index contributed by atoms with van der Waals surface area (Å²) in [6, 6.07) is 12.3. The Morgan fingerprint density at radius 3 is 2.55 bits per heavy atom. The maximum absolute atomic E-state index is 12.5. The lowest BCUT2D eigenvalue weighted by Gasteiger charge is -2.12. The molecule has 20 heavy (non-hydrogen) atoms. The number of thioether (sulfide) groups is 1. The average Bonchev–Trinajstić information content (AvgIpc) is 2.41. The zero-order valence-electron chi connectivity index (χ0n) is 10.2. The van der Waals surface area contributed by atoms with Crippen LogP contribution in [0.15, 0.2) is 47.4 Å². The number of halogens is 4. The summed E-state index contributed by atoms with van der Waals surface area (Å²) in [5, 5.41) is 4.05. The Morgan fingerprint density at radius 2 is 1.80 bits per heavy atom. The minimum atomic E-state index is -2.45. The van der Waals surface area contributed by atoms with Crippen molar-refractivity contribution in [1.29, 1.82) is 0 Å². The number of para-hydroxylation sites is 1. The molecule has 1 N–H and O–H groups in total. The van der Waals surface area contributed by atoms with Crippen molar-refractivity contribution < 1.29 is 8.78 Å². The highest BCUT2D eigenvalue weighted by Crippen LogP contribution is 2.32. The Morgan fingerprint density at radius 1 is 1.05 bits per heavy atom. The van der Waals surface area contributed by atoms with E-state index in [4.69, 9.17) is 23.2 Å². The van der Waals surface area contributed by atoms with Crippen molar-refractivity contribution in [2.75, 3.05) is 5.32 Å². The van der Waals surface area contributed by atoms with E-state index in [2.05, 4.69) is 5.32 Å². The standard InChI is InChI=1S/C14H11Cl2F2NS/c15-10-5-3-4-9(13(10)16)8-19-11-6-1-2-7-12(11)20-14(17)18/h1-7,14,19H,8H2. The van der Waals surface area contributed by atoms with Gasteiger partial charge >= 0.3 is 0 Å². The van der Waals surface area contributed by atoms with Crippen molar-refractivity contribution in [3.8, 4) is 0 Å². The van der Waals surface area contributed by atoms with Gasteiger partial charge in [-0.15, -0.1) is 0 Å². The van der Waals surface area contributed by atoms with E-state index < -0.39 is 5.76 Å². The van der Waals surface area contributed by atoms with E-state index in [0.717, 1.165) is 5.56 Å². The third kappa shape index (κ3) is 4.01. The molecule has 0 radical (unpaired) electrons. The molecule has 0 saturated carbocycles. The van der Waals surface area contributed by atoms with Gasteiger partial charge in [-0.3, -0.25) is 0 Å². The summed E-state index contributed by atoms with van der Waals surface area (Å²) in [5.74, 6) is -2.45. The average molecular weight is 334 g/mol. The van der Waals surface area contributed by atoms with E-state index in [1.54, 1.807) is 36.4 Å². The van der Waals surface area contributed by atoms with Crippen molar-refractivity contribution in [2.45, 2.75) is 17.2 Å². The van der Waals surface area contributed by atoms with Crippen LogP contribution in [0.2, 0.25) is 10.0 Å². The number of alkyl halides is 2. The van der Waals surface area contributed by atoms with Crippen LogP contribution in [0, 0.1) is 0 Å². The van der Waals surface area contributed by atoms with Crippen molar-refractivity contribution in [3.05, 3.63) is 58.1 Å². The molecule has 0 aromatic heterocycles. The van der Waals surface area contributed by atoms with Gasteiger partial charge in [0, 0.05) is 17.1 Å². The second kappa shape index (κ2) is 7.16. The number of benzene rings is 2. The van der Waals surface area contributed by atoms with E-state index in [-0.39, 0.29) is 0 Å². The molecule has 0 fully saturated rings. The van der Waals surface area contributed by atoms with Gasteiger partial charge in [0.25, 0.3) is 5.76 Å². The molecule has 1 nitrogen and oxygen atoms in total. The van der Waals surface area contributed by atoms with Crippen LogP contribution in [0.1, 0.15) is 5.56 Å². The molecule has 0 unspecified atom stereocenters. The first kappa shape index (κ1) is 15.4. The predicted octanol–water partition coefficient (Wildman–Crippen LogP) is 5.92. The van der Waals surface area contributed by atoms with Crippen LogP contribution in [0.4, 0.5) is 14.5 Å². The van der Waals surface area contributed by atoms with E-state index >= 15 is 0 Å². The quantitative estimate of drug-likeness (QED) is 0.681. The smallest absolute Gasteiger partial charge is 0.288 e. The second-order valence-corrected chi connectivity index (χ2v) is 5.76. The molecule has 0 bridgehead atoms. The zero-order chi connectivity index (χ0) is 14.5. The van der Waals surface area contributed by atoms with Gasteiger partial charge < -0.3 is 5.32 Å². The van der Waals surface area contributed by atoms with E-state index in [0.29, 0.717) is 38.9 Å². The summed E-state index contributed by atoms with van der Waals surface area (Å²) < 4.78 is 25.0. The fourth-order valence-electron chi connectivity index (χ4n) is 1.69. The number of nitrogens with one attached hydrogen (secondary N) is 1. The molecule has 0 aliphatic rings. The molecule has 0 amide bonds. The maximum Gasteiger partial charge on any atom is 0.288 e. The Balaban J connectivity index is 2.13. The van der Waals surface area contributed by atoms with Crippen molar-refractivity contribution >= 4 is 40.7 Å². The lowest BCUT2D eigenvalue weighted by atomic mass is 10.2. The van der Waals surface area contributed by atoms with E-state index in [1.165, 1.54) is 0 Å². The van der Waals surface area contributed by atoms with Crippen LogP contribution < -0.4 is 5.32 Å². The van der Waals surface area contributed by atoms with Gasteiger partial charge in [-0.25, -0.2) is 0 Å². The van der Waals surface area contributed by atoms with Crippen molar-refractivity contribution in [1.82, 2.24) is 0 Å². The van der Waals surface area contributed by atoms with Gasteiger partial charge in [-0.1, -0.05) is 59.2 Å². The molecule has 0 saturated heterocycles. The second-order valence-electron chi connectivity index (χ2n) is 3.94. The highest BCUT2D eigenvalue weighted by Gasteiger charge is 2.10. The van der Waals surface area contributed by atoms with Crippen LogP contribution >= 0.6 is 35.0 Å². The fourth-order valence-corrected chi connectivity index (χ4v) is 2.69. The largest absolute Gasteiger partial charge is 0.380 e. The van der Waals surface area contributed by atoms with E-state index in [9.17, 15) is 8.78 Å². The third-order valence-corrected chi connectivity index (χ3v) is 4.25. The summed E-state index contributed by atoms with van der Waals surface area (Å²) in [4.78, 5) is 0.501.